The fraction of sp³-hybridized carbons (Fsp3) is 0.438. The van der Waals surface area contributed by atoms with Gasteiger partial charge in [-0.1, -0.05) is 25.0 Å². The maximum atomic E-state index is 12.3. The topological polar surface area (TPSA) is 61.2 Å². The second-order valence-corrected chi connectivity index (χ2v) is 5.57. The summed E-state index contributed by atoms with van der Waals surface area (Å²) in [6.45, 7) is 0.330. The van der Waals surface area contributed by atoms with Crippen LogP contribution in [0, 0.1) is 23.2 Å². The zero-order valence-electron chi connectivity index (χ0n) is 11.2. The van der Waals surface area contributed by atoms with Gasteiger partial charge < -0.3 is 0 Å². The van der Waals surface area contributed by atoms with Crippen molar-refractivity contribution in [1.29, 1.82) is 5.26 Å². The first-order valence-corrected chi connectivity index (χ1v) is 7.05. The zero-order chi connectivity index (χ0) is 14.1. The lowest BCUT2D eigenvalue weighted by molar-refractivity contribution is -0.140. The van der Waals surface area contributed by atoms with E-state index >= 15 is 0 Å². The van der Waals surface area contributed by atoms with Crippen LogP contribution in [-0.2, 0) is 16.1 Å². The van der Waals surface area contributed by atoms with Crippen LogP contribution in [-0.4, -0.2) is 16.7 Å². The molecule has 0 spiro atoms. The summed E-state index contributed by atoms with van der Waals surface area (Å²) in [5.41, 5.74) is 1.48. The Morgan fingerprint density at radius 3 is 2.10 bits per heavy atom. The highest BCUT2D eigenvalue weighted by Gasteiger charge is 2.47. The molecule has 1 aromatic rings. The lowest BCUT2D eigenvalue weighted by atomic mass is 9.81. The van der Waals surface area contributed by atoms with Gasteiger partial charge in [0.15, 0.2) is 0 Å². The Morgan fingerprint density at radius 2 is 1.60 bits per heavy atom. The van der Waals surface area contributed by atoms with E-state index in [0.29, 0.717) is 12.1 Å². The first kappa shape index (κ1) is 12.9. The van der Waals surface area contributed by atoms with Crippen LogP contribution in [0.4, 0.5) is 0 Å². The van der Waals surface area contributed by atoms with Crippen LogP contribution in [0.25, 0.3) is 0 Å². The van der Waals surface area contributed by atoms with Gasteiger partial charge in [-0.15, -0.1) is 0 Å². The van der Waals surface area contributed by atoms with Gasteiger partial charge in [0, 0.05) is 0 Å². The van der Waals surface area contributed by atoms with E-state index in [2.05, 4.69) is 6.07 Å². The normalized spacial score (nSPS) is 25.4. The third-order valence-electron chi connectivity index (χ3n) is 4.36. The molecule has 0 bridgehead atoms. The Balaban J connectivity index is 1.78. The molecule has 1 aromatic carbocycles. The van der Waals surface area contributed by atoms with E-state index in [0.717, 1.165) is 31.2 Å². The van der Waals surface area contributed by atoms with Crippen LogP contribution in [0.15, 0.2) is 24.3 Å². The summed E-state index contributed by atoms with van der Waals surface area (Å²) in [6.07, 6.45) is 3.79. The third kappa shape index (κ3) is 2.09. The average Bonchev–Trinajstić information content (AvgIpc) is 2.74. The van der Waals surface area contributed by atoms with Crippen LogP contribution in [0.3, 0.4) is 0 Å². The molecule has 0 radical (unpaired) electrons. The van der Waals surface area contributed by atoms with Crippen molar-refractivity contribution in [3.8, 4) is 6.07 Å². The van der Waals surface area contributed by atoms with Crippen molar-refractivity contribution in [2.45, 2.75) is 32.2 Å². The molecule has 2 aliphatic rings. The minimum Gasteiger partial charge on any atom is -0.278 e. The molecular weight excluding hydrogens is 252 g/mol. The van der Waals surface area contributed by atoms with Crippen LogP contribution in [0.5, 0.6) is 0 Å². The average molecular weight is 268 g/mol. The Hall–Kier alpha value is -2.15. The number of hydrogen-bond acceptors (Lipinski definition) is 3. The summed E-state index contributed by atoms with van der Waals surface area (Å²) in [7, 11) is 0. The SMILES string of the molecule is N#Cc1ccc(CN2C(=O)C3CCCCC3C2=O)cc1. The van der Waals surface area contributed by atoms with Crippen molar-refractivity contribution >= 4 is 11.8 Å². The van der Waals surface area contributed by atoms with E-state index in [-0.39, 0.29) is 23.7 Å². The number of nitriles is 1. The Morgan fingerprint density at radius 1 is 1.05 bits per heavy atom. The monoisotopic (exact) mass is 268 g/mol. The quantitative estimate of drug-likeness (QED) is 0.773. The molecule has 1 aliphatic carbocycles. The summed E-state index contributed by atoms with van der Waals surface area (Å²) in [5.74, 6) is -0.197. The van der Waals surface area contributed by atoms with Crippen LogP contribution in [0.1, 0.15) is 36.8 Å². The molecule has 1 aliphatic heterocycles. The third-order valence-corrected chi connectivity index (χ3v) is 4.36. The van der Waals surface area contributed by atoms with Gasteiger partial charge in [0.1, 0.15) is 0 Å². The van der Waals surface area contributed by atoms with Gasteiger partial charge in [0.2, 0.25) is 11.8 Å². The number of benzene rings is 1. The summed E-state index contributed by atoms with van der Waals surface area (Å²) in [5, 5.41) is 8.77. The first-order chi connectivity index (χ1) is 9.70. The molecule has 2 amide bonds. The smallest absolute Gasteiger partial charge is 0.233 e. The van der Waals surface area contributed by atoms with Gasteiger partial charge in [-0.05, 0) is 30.5 Å². The lowest BCUT2D eigenvalue weighted by Crippen LogP contribution is -2.30. The Bertz CT molecular complexity index is 561. The molecule has 3 rings (SSSR count). The van der Waals surface area contributed by atoms with Crippen molar-refractivity contribution in [2.75, 3.05) is 0 Å². The van der Waals surface area contributed by atoms with Gasteiger partial charge >= 0.3 is 0 Å². The molecule has 0 aromatic heterocycles. The second-order valence-electron chi connectivity index (χ2n) is 5.57. The predicted octanol–water partition coefficient (Wildman–Crippen LogP) is 2.23. The Kier molecular flexibility index (Phi) is 3.27. The van der Waals surface area contributed by atoms with Crippen LogP contribution in [0.2, 0.25) is 0 Å². The maximum Gasteiger partial charge on any atom is 0.233 e. The van der Waals surface area contributed by atoms with E-state index in [1.165, 1.54) is 4.90 Å². The fourth-order valence-corrected chi connectivity index (χ4v) is 3.25. The van der Waals surface area contributed by atoms with E-state index in [4.69, 9.17) is 5.26 Å². The summed E-state index contributed by atoms with van der Waals surface area (Å²) in [6, 6.07) is 9.10. The number of imide groups is 1. The fourth-order valence-electron chi connectivity index (χ4n) is 3.25. The molecular formula is C16H16N2O2. The zero-order valence-corrected chi connectivity index (χ0v) is 11.2. The number of carbonyl (C=O) groups excluding carboxylic acids is 2. The van der Waals surface area contributed by atoms with Crippen LogP contribution >= 0.6 is 0 Å². The second kappa shape index (κ2) is 5.09. The number of carbonyl (C=O) groups is 2. The number of hydrogen-bond donors (Lipinski definition) is 0. The van der Waals surface area contributed by atoms with E-state index in [9.17, 15) is 9.59 Å². The molecule has 20 heavy (non-hydrogen) atoms. The summed E-state index contributed by atoms with van der Waals surface area (Å²) < 4.78 is 0. The predicted molar refractivity (Wildman–Crippen MR) is 72.2 cm³/mol. The first-order valence-electron chi connectivity index (χ1n) is 7.05. The summed E-state index contributed by atoms with van der Waals surface area (Å²) in [4.78, 5) is 26.1. The van der Waals surface area contributed by atoms with Crippen molar-refractivity contribution in [3.05, 3.63) is 35.4 Å². The van der Waals surface area contributed by atoms with Crippen molar-refractivity contribution < 1.29 is 9.59 Å². The number of nitrogens with zero attached hydrogens (tertiary/aromatic N) is 2. The Labute approximate surface area is 118 Å². The van der Waals surface area contributed by atoms with Gasteiger partial charge in [-0.2, -0.15) is 5.26 Å². The largest absolute Gasteiger partial charge is 0.278 e. The van der Waals surface area contributed by atoms with Crippen molar-refractivity contribution in [2.24, 2.45) is 11.8 Å². The van der Waals surface area contributed by atoms with Crippen LogP contribution < -0.4 is 0 Å². The highest BCUT2D eigenvalue weighted by molar-refractivity contribution is 6.05. The highest BCUT2D eigenvalue weighted by atomic mass is 16.2. The molecule has 2 fully saturated rings. The minimum atomic E-state index is -0.0883. The molecule has 2 atom stereocenters. The molecule has 4 heteroatoms. The molecule has 102 valence electrons. The molecule has 1 heterocycles. The highest BCUT2D eigenvalue weighted by Crippen LogP contribution is 2.38. The molecule has 1 saturated carbocycles. The lowest BCUT2D eigenvalue weighted by Gasteiger charge is -2.19. The molecule has 1 saturated heterocycles. The van der Waals surface area contributed by atoms with E-state index in [1.54, 1.807) is 24.3 Å². The van der Waals surface area contributed by atoms with Gasteiger partial charge in [-0.25, -0.2) is 0 Å². The molecule has 4 nitrogen and oxygen atoms in total. The van der Waals surface area contributed by atoms with Gasteiger partial charge in [-0.3, -0.25) is 14.5 Å². The number of amides is 2. The van der Waals surface area contributed by atoms with Crippen molar-refractivity contribution in [1.82, 2.24) is 4.90 Å². The van der Waals surface area contributed by atoms with Crippen molar-refractivity contribution in [3.63, 3.8) is 0 Å². The van der Waals surface area contributed by atoms with Gasteiger partial charge in [0.25, 0.3) is 0 Å². The van der Waals surface area contributed by atoms with Gasteiger partial charge in [0.05, 0.1) is 30.0 Å². The minimum absolute atomic E-state index is 0.0101. The van der Waals surface area contributed by atoms with E-state index < -0.39 is 0 Å². The standard InChI is InChI=1S/C16H16N2O2/c17-9-11-5-7-12(8-6-11)10-18-15(19)13-3-1-2-4-14(13)16(18)20/h5-8,13-14H,1-4,10H2. The summed E-state index contributed by atoms with van der Waals surface area (Å²) >= 11 is 0. The number of likely N-dealkylation sites (tertiary alicyclic amines) is 1. The molecule has 2 unspecified atom stereocenters. The number of rotatable bonds is 2. The molecule has 0 N–H and O–H groups in total. The van der Waals surface area contributed by atoms with E-state index in [1.807, 2.05) is 0 Å². The number of fused-ring (bicyclic) bond motifs is 1. The maximum absolute atomic E-state index is 12.3.